The number of aryl methyl sites for hydroxylation is 1. The fourth-order valence-corrected chi connectivity index (χ4v) is 3.01. The summed E-state index contributed by atoms with van der Waals surface area (Å²) in [6, 6.07) is 4.11. The van der Waals surface area contributed by atoms with Gasteiger partial charge in [0.1, 0.15) is 5.82 Å². The quantitative estimate of drug-likeness (QED) is 0.905. The van der Waals surface area contributed by atoms with Crippen LogP contribution in [0.1, 0.15) is 37.3 Å². The number of nitrogens with zero attached hydrogens (tertiary/aromatic N) is 1. The van der Waals surface area contributed by atoms with Gasteiger partial charge in [0, 0.05) is 25.8 Å². The van der Waals surface area contributed by atoms with Crippen molar-refractivity contribution in [2.24, 2.45) is 5.92 Å². The maximum atomic E-state index is 15.1. The van der Waals surface area contributed by atoms with Gasteiger partial charge in [0.05, 0.1) is 6.54 Å². The lowest BCUT2D eigenvalue weighted by molar-refractivity contribution is -0.138. The first-order chi connectivity index (χ1) is 10.7. The predicted octanol–water partition coefficient (Wildman–Crippen LogP) is 3.03. The number of carbonyl (C=O) groups excluding carboxylic acids is 1. The molecule has 23 heavy (non-hydrogen) atoms. The number of aliphatic carboxylic acids is 1. The van der Waals surface area contributed by atoms with Gasteiger partial charge < -0.3 is 10.0 Å². The molecule has 0 saturated carbocycles. The lowest BCUT2D eigenvalue weighted by atomic mass is 9.93. The van der Waals surface area contributed by atoms with Gasteiger partial charge in [-0.15, -0.1) is 0 Å². The fourth-order valence-electron chi connectivity index (χ4n) is 3.01. The van der Waals surface area contributed by atoms with E-state index in [1.807, 2.05) is 0 Å². The lowest BCUT2D eigenvalue weighted by Crippen LogP contribution is -2.33. The molecule has 1 saturated heterocycles. The molecule has 0 aromatic heterocycles. The Balaban J connectivity index is 2.04. The highest BCUT2D eigenvalue weighted by Crippen LogP contribution is 2.37. The highest BCUT2D eigenvalue weighted by Gasteiger charge is 2.42. The van der Waals surface area contributed by atoms with Crippen LogP contribution in [0.2, 0.25) is 0 Å². The third-order valence-corrected chi connectivity index (χ3v) is 4.18. The van der Waals surface area contributed by atoms with E-state index >= 15 is 4.39 Å². The molecule has 0 bridgehead atoms. The number of alkyl halides is 1. The molecule has 1 aliphatic heterocycles. The molecule has 126 valence electrons. The molecule has 1 fully saturated rings. The Morgan fingerprint density at radius 2 is 2.04 bits per heavy atom. The van der Waals surface area contributed by atoms with Crippen molar-refractivity contribution in [3.63, 3.8) is 0 Å². The summed E-state index contributed by atoms with van der Waals surface area (Å²) in [6.07, 6.45) is 0.100. The van der Waals surface area contributed by atoms with Gasteiger partial charge in [-0.2, -0.15) is 0 Å². The zero-order valence-electron chi connectivity index (χ0n) is 13.3. The summed E-state index contributed by atoms with van der Waals surface area (Å²) in [6.45, 7) is 3.52. The van der Waals surface area contributed by atoms with Gasteiger partial charge in [-0.1, -0.05) is 13.0 Å². The molecule has 1 amide bonds. The van der Waals surface area contributed by atoms with Crippen LogP contribution in [0.25, 0.3) is 0 Å². The third kappa shape index (κ3) is 4.27. The van der Waals surface area contributed by atoms with E-state index in [-0.39, 0.29) is 49.7 Å². The minimum absolute atomic E-state index is 0.0740. The molecule has 1 heterocycles. The first kappa shape index (κ1) is 17.4. The van der Waals surface area contributed by atoms with Gasteiger partial charge in [-0.25, -0.2) is 8.78 Å². The van der Waals surface area contributed by atoms with Crippen LogP contribution in [0, 0.1) is 18.7 Å². The van der Waals surface area contributed by atoms with Gasteiger partial charge >= 0.3 is 5.97 Å². The topological polar surface area (TPSA) is 57.6 Å². The summed E-state index contributed by atoms with van der Waals surface area (Å²) in [4.78, 5) is 24.2. The van der Waals surface area contributed by atoms with Crippen LogP contribution >= 0.6 is 0 Å². The molecule has 0 aliphatic carbocycles. The minimum atomic E-state index is -1.75. The smallest absolute Gasteiger partial charge is 0.303 e. The van der Waals surface area contributed by atoms with E-state index in [4.69, 9.17) is 5.11 Å². The third-order valence-electron chi connectivity index (χ3n) is 4.18. The van der Waals surface area contributed by atoms with Crippen molar-refractivity contribution in [2.75, 3.05) is 13.1 Å². The first-order valence-electron chi connectivity index (χ1n) is 7.66. The van der Waals surface area contributed by atoms with Gasteiger partial charge in [0.2, 0.25) is 5.91 Å². The zero-order valence-corrected chi connectivity index (χ0v) is 13.3. The number of halogens is 2. The molecule has 0 spiro atoms. The largest absolute Gasteiger partial charge is 0.481 e. The number of rotatable bonds is 5. The average Bonchev–Trinajstić information content (AvgIpc) is 2.80. The molecule has 1 aromatic rings. The number of likely N-dealkylation sites (tertiary alicyclic amines) is 1. The monoisotopic (exact) mass is 325 g/mol. The van der Waals surface area contributed by atoms with E-state index in [9.17, 15) is 14.0 Å². The van der Waals surface area contributed by atoms with Crippen LogP contribution in [0.4, 0.5) is 8.78 Å². The van der Waals surface area contributed by atoms with Crippen molar-refractivity contribution in [1.29, 1.82) is 0 Å². The highest BCUT2D eigenvalue weighted by atomic mass is 19.1. The van der Waals surface area contributed by atoms with Crippen LogP contribution in [0.3, 0.4) is 0 Å². The van der Waals surface area contributed by atoms with E-state index in [2.05, 4.69) is 0 Å². The second kappa shape index (κ2) is 6.64. The number of carboxylic acids is 1. The van der Waals surface area contributed by atoms with Gasteiger partial charge in [-0.05, 0) is 36.1 Å². The second-order valence-electron chi connectivity index (χ2n) is 6.46. The highest BCUT2D eigenvalue weighted by molar-refractivity contribution is 5.78. The van der Waals surface area contributed by atoms with E-state index in [0.29, 0.717) is 5.56 Å². The molecule has 0 radical (unpaired) electrons. The molecule has 4 nitrogen and oxygen atoms in total. The summed E-state index contributed by atoms with van der Waals surface area (Å²) in [5, 5.41) is 8.73. The maximum Gasteiger partial charge on any atom is 0.303 e. The Hall–Kier alpha value is -1.98. The second-order valence-corrected chi connectivity index (χ2v) is 6.46. The average molecular weight is 325 g/mol. The van der Waals surface area contributed by atoms with Gasteiger partial charge in [0.15, 0.2) is 5.67 Å². The molecule has 1 N–H and O–H groups in total. The van der Waals surface area contributed by atoms with Crippen LogP contribution in [-0.4, -0.2) is 35.0 Å². The van der Waals surface area contributed by atoms with E-state index in [1.54, 1.807) is 19.9 Å². The van der Waals surface area contributed by atoms with Crippen LogP contribution in [0.15, 0.2) is 18.2 Å². The molecular formula is C17H21F2NO3. The van der Waals surface area contributed by atoms with Crippen molar-refractivity contribution in [3.8, 4) is 0 Å². The fraction of sp³-hybridized carbons (Fsp3) is 0.529. The van der Waals surface area contributed by atoms with E-state index in [0.717, 1.165) is 0 Å². The normalized spacial score (nSPS) is 22.2. The number of amides is 1. The van der Waals surface area contributed by atoms with Crippen molar-refractivity contribution < 1.29 is 23.5 Å². The van der Waals surface area contributed by atoms with Crippen molar-refractivity contribution in [3.05, 3.63) is 35.1 Å². The molecule has 2 atom stereocenters. The van der Waals surface area contributed by atoms with Gasteiger partial charge in [-0.3, -0.25) is 9.59 Å². The minimum Gasteiger partial charge on any atom is -0.481 e. The molecule has 1 aromatic carbocycles. The Labute approximate surface area is 134 Å². The number of benzene rings is 1. The Morgan fingerprint density at radius 3 is 2.65 bits per heavy atom. The number of hydrogen-bond acceptors (Lipinski definition) is 2. The van der Waals surface area contributed by atoms with E-state index < -0.39 is 17.5 Å². The summed E-state index contributed by atoms with van der Waals surface area (Å²) >= 11 is 0. The summed E-state index contributed by atoms with van der Waals surface area (Å²) < 4.78 is 28.6. The van der Waals surface area contributed by atoms with Crippen LogP contribution in [0.5, 0.6) is 0 Å². The van der Waals surface area contributed by atoms with Gasteiger partial charge in [0.25, 0.3) is 0 Å². The summed E-state index contributed by atoms with van der Waals surface area (Å²) in [5.41, 5.74) is -0.862. The Bertz CT molecular complexity index is 600. The Morgan fingerprint density at radius 1 is 1.35 bits per heavy atom. The Kier molecular flexibility index (Phi) is 5.02. The zero-order chi connectivity index (χ0) is 17.2. The first-order valence-corrected chi connectivity index (χ1v) is 7.66. The van der Waals surface area contributed by atoms with E-state index in [1.165, 1.54) is 17.0 Å². The van der Waals surface area contributed by atoms with Crippen molar-refractivity contribution in [2.45, 2.75) is 38.8 Å². The summed E-state index contributed by atoms with van der Waals surface area (Å²) in [7, 11) is 0. The molecule has 1 aliphatic rings. The van der Waals surface area contributed by atoms with Crippen molar-refractivity contribution >= 4 is 11.9 Å². The molecular weight excluding hydrogens is 304 g/mol. The SMILES string of the molecule is Cc1cc(F)cc(C2(F)CCN(C(=O)CC(C)CC(=O)O)C2)c1. The number of hydrogen-bond donors (Lipinski definition) is 1. The summed E-state index contributed by atoms with van der Waals surface area (Å²) in [5.74, 6) is -2.00. The lowest BCUT2D eigenvalue weighted by Gasteiger charge is -2.22. The maximum absolute atomic E-state index is 15.1. The molecule has 6 heteroatoms. The number of carbonyl (C=O) groups is 2. The molecule has 2 rings (SSSR count). The van der Waals surface area contributed by atoms with Crippen LogP contribution < -0.4 is 0 Å². The predicted molar refractivity (Wildman–Crippen MR) is 81.2 cm³/mol. The standard InChI is InChI=1S/C17H21F2NO3/c1-11-5-13(9-14(18)6-11)17(19)3-4-20(10-17)15(21)7-12(2)8-16(22)23/h5-6,9,12H,3-4,7-8,10H2,1-2H3,(H,22,23). The molecule has 2 unspecified atom stereocenters. The number of carboxylic acid groups (broad SMARTS) is 1. The van der Waals surface area contributed by atoms with Crippen LogP contribution in [-0.2, 0) is 15.3 Å². The van der Waals surface area contributed by atoms with Crippen molar-refractivity contribution in [1.82, 2.24) is 4.90 Å².